The van der Waals surface area contributed by atoms with Gasteiger partial charge in [-0.05, 0) is 26.2 Å². The van der Waals surface area contributed by atoms with E-state index < -0.39 is 5.60 Å². The van der Waals surface area contributed by atoms with Gasteiger partial charge in [-0.1, -0.05) is 19.3 Å². The van der Waals surface area contributed by atoms with Crippen LogP contribution in [0.1, 0.15) is 45.4 Å². The van der Waals surface area contributed by atoms with Crippen molar-refractivity contribution in [2.45, 2.75) is 57.1 Å². The Hall–Kier alpha value is -0.810. The molecule has 1 amide bonds. The lowest BCUT2D eigenvalue weighted by atomic mass is 9.80. The van der Waals surface area contributed by atoms with Gasteiger partial charge in [0.1, 0.15) is 0 Å². The molecule has 1 fully saturated rings. The highest BCUT2D eigenvalue weighted by Crippen LogP contribution is 2.31. The predicted molar refractivity (Wildman–Crippen MR) is 70.3 cm³/mol. The molecule has 18 heavy (non-hydrogen) atoms. The van der Waals surface area contributed by atoms with Crippen molar-refractivity contribution in [3.63, 3.8) is 0 Å². The molecule has 1 aliphatic rings. The van der Waals surface area contributed by atoms with Crippen LogP contribution < -0.4 is 5.73 Å². The van der Waals surface area contributed by atoms with Crippen LogP contribution in [-0.4, -0.2) is 47.9 Å². The van der Waals surface area contributed by atoms with Gasteiger partial charge in [-0.15, -0.1) is 0 Å². The van der Waals surface area contributed by atoms with Gasteiger partial charge in [-0.2, -0.15) is 0 Å². The first kappa shape index (κ1) is 15.2. The first-order chi connectivity index (χ1) is 8.47. The maximum absolute atomic E-state index is 11.4. The second-order valence-corrected chi connectivity index (χ2v) is 5.33. The Kier molecular flexibility index (Phi) is 5.88. The number of rotatable bonds is 5. The number of carbonyl (C=O) groups excluding carboxylic acids is 1. The summed E-state index contributed by atoms with van der Waals surface area (Å²) in [6, 6.07) is -0.206. The van der Waals surface area contributed by atoms with Crippen molar-refractivity contribution in [3.8, 4) is 0 Å². The summed E-state index contributed by atoms with van der Waals surface area (Å²) in [6.45, 7) is 2.56. The van der Waals surface area contributed by atoms with Crippen molar-refractivity contribution in [3.05, 3.63) is 0 Å². The van der Waals surface area contributed by atoms with Crippen molar-refractivity contribution in [1.29, 1.82) is 0 Å². The van der Waals surface area contributed by atoms with Crippen LogP contribution in [0.25, 0.3) is 0 Å². The normalized spacial score (nSPS) is 20.2. The Morgan fingerprint density at radius 1 is 1.44 bits per heavy atom. The molecule has 1 saturated carbocycles. The molecule has 0 aliphatic heterocycles. The van der Waals surface area contributed by atoms with E-state index in [2.05, 4.69) is 0 Å². The first-order valence-electron chi connectivity index (χ1n) is 6.83. The van der Waals surface area contributed by atoms with Crippen molar-refractivity contribution >= 4 is 6.09 Å². The Labute approximate surface area is 109 Å². The van der Waals surface area contributed by atoms with E-state index in [1.165, 1.54) is 11.3 Å². The van der Waals surface area contributed by atoms with Gasteiger partial charge in [0.25, 0.3) is 0 Å². The summed E-state index contributed by atoms with van der Waals surface area (Å²) in [5, 5.41) is 10.4. The van der Waals surface area contributed by atoms with Gasteiger partial charge in [-0.25, -0.2) is 4.79 Å². The third-order valence-corrected chi connectivity index (χ3v) is 3.51. The summed E-state index contributed by atoms with van der Waals surface area (Å²) in [4.78, 5) is 12.9. The standard InChI is InChI=1S/C13H26N2O3/c1-3-18-12(16)15(2)10-11(14)9-13(17)7-5-4-6-8-13/h11,17H,3-10,14H2,1-2H3. The monoisotopic (exact) mass is 258 g/mol. The summed E-state index contributed by atoms with van der Waals surface area (Å²) >= 11 is 0. The van der Waals surface area contributed by atoms with E-state index in [0.717, 1.165) is 25.7 Å². The fourth-order valence-electron chi connectivity index (χ4n) is 2.63. The number of carbonyl (C=O) groups is 1. The van der Waals surface area contributed by atoms with Gasteiger partial charge in [0, 0.05) is 19.6 Å². The summed E-state index contributed by atoms with van der Waals surface area (Å²) in [5.74, 6) is 0. The van der Waals surface area contributed by atoms with Crippen LogP contribution in [0.2, 0.25) is 0 Å². The van der Waals surface area contributed by atoms with Gasteiger partial charge in [0.2, 0.25) is 0 Å². The maximum Gasteiger partial charge on any atom is 0.409 e. The Morgan fingerprint density at radius 3 is 2.61 bits per heavy atom. The van der Waals surface area contributed by atoms with Gasteiger partial charge >= 0.3 is 6.09 Å². The number of ether oxygens (including phenoxy) is 1. The van der Waals surface area contributed by atoms with Crippen LogP contribution in [0.15, 0.2) is 0 Å². The number of hydrogen-bond acceptors (Lipinski definition) is 4. The molecule has 106 valence electrons. The topological polar surface area (TPSA) is 75.8 Å². The highest BCUT2D eigenvalue weighted by atomic mass is 16.5. The zero-order chi connectivity index (χ0) is 13.6. The molecule has 0 radical (unpaired) electrons. The molecule has 0 saturated heterocycles. The summed E-state index contributed by atoms with van der Waals surface area (Å²) in [7, 11) is 1.67. The highest BCUT2D eigenvalue weighted by Gasteiger charge is 2.31. The third kappa shape index (κ3) is 4.82. The average Bonchev–Trinajstić information content (AvgIpc) is 2.29. The molecular weight excluding hydrogens is 232 g/mol. The number of likely N-dealkylation sites (N-methyl/N-ethyl adjacent to an activating group) is 1. The molecule has 5 heteroatoms. The maximum atomic E-state index is 11.4. The molecule has 0 aromatic carbocycles. The number of nitrogens with two attached hydrogens (primary N) is 1. The average molecular weight is 258 g/mol. The van der Waals surface area contributed by atoms with E-state index >= 15 is 0 Å². The van der Waals surface area contributed by atoms with Crippen molar-refractivity contribution in [2.24, 2.45) is 5.73 Å². The molecular formula is C13H26N2O3. The summed E-state index contributed by atoms with van der Waals surface area (Å²) < 4.78 is 4.89. The van der Waals surface area contributed by atoms with Crippen LogP contribution in [0, 0.1) is 0 Å². The second kappa shape index (κ2) is 6.95. The fourth-order valence-corrected chi connectivity index (χ4v) is 2.63. The molecule has 3 N–H and O–H groups in total. The van der Waals surface area contributed by atoms with Gasteiger partial charge in [-0.3, -0.25) is 0 Å². The first-order valence-corrected chi connectivity index (χ1v) is 6.83. The van der Waals surface area contributed by atoms with Crippen molar-refractivity contribution in [1.82, 2.24) is 4.90 Å². The Bertz CT molecular complexity index is 265. The Morgan fingerprint density at radius 2 is 2.06 bits per heavy atom. The third-order valence-electron chi connectivity index (χ3n) is 3.51. The number of amides is 1. The number of nitrogens with zero attached hydrogens (tertiary/aromatic N) is 1. The summed E-state index contributed by atoms with van der Waals surface area (Å²) in [5.41, 5.74) is 5.38. The number of aliphatic hydroxyl groups is 1. The van der Waals surface area contributed by atoms with E-state index in [0.29, 0.717) is 19.6 Å². The molecule has 5 nitrogen and oxygen atoms in total. The summed E-state index contributed by atoms with van der Waals surface area (Å²) in [6.07, 6.45) is 5.17. The lowest BCUT2D eigenvalue weighted by Crippen LogP contribution is -2.45. The van der Waals surface area contributed by atoms with E-state index in [4.69, 9.17) is 10.5 Å². The molecule has 0 spiro atoms. The van der Waals surface area contributed by atoms with Gasteiger partial charge in [0.15, 0.2) is 0 Å². The smallest absolute Gasteiger partial charge is 0.409 e. The molecule has 0 heterocycles. The van der Waals surface area contributed by atoms with Crippen LogP contribution in [0.3, 0.4) is 0 Å². The predicted octanol–water partition coefficient (Wildman–Crippen LogP) is 1.49. The zero-order valence-electron chi connectivity index (χ0n) is 11.5. The lowest BCUT2D eigenvalue weighted by Gasteiger charge is -2.35. The SMILES string of the molecule is CCOC(=O)N(C)CC(N)CC1(O)CCCCC1. The Balaban J connectivity index is 2.35. The van der Waals surface area contributed by atoms with E-state index in [1.54, 1.807) is 14.0 Å². The van der Waals surface area contributed by atoms with E-state index in [1.807, 2.05) is 0 Å². The molecule has 0 aromatic rings. The van der Waals surface area contributed by atoms with Crippen LogP contribution in [0.5, 0.6) is 0 Å². The van der Waals surface area contributed by atoms with E-state index in [9.17, 15) is 9.90 Å². The molecule has 1 unspecified atom stereocenters. The van der Waals surface area contributed by atoms with Gasteiger partial charge in [0.05, 0.1) is 12.2 Å². The quantitative estimate of drug-likeness (QED) is 0.783. The largest absolute Gasteiger partial charge is 0.450 e. The lowest BCUT2D eigenvalue weighted by molar-refractivity contribution is -0.0113. The molecule has 1 rings (SSSR count). The minimum absolute atomic E-state index is 0.206. The zero-order valence-corrected chi connectivity index (χ0v) is 11.5. The van der Waals surface area contributed by atoms with Gasteiger partial charge < -0.3 is 20.5 Å². The van der Waals surface area contributed by atoms with Crippen molar-refractivity contribution in [2.75, 3.05) is 20.2 Å². The molecule has 1 atom stereocenters. The molecule has 1 aliphatic carbocycles. The van der Waals surface area contributed by atoms with Crippen LogP contribution >= 0.6 is 0 Å². The second-order valence-electron chi connectivity index (χ2n) is 5.33. The molecule has 0 bridgehead atoms. The minimum Gasteiger partial charge on any atom is -0.450 e. The highest BCUT2D eigenvalue weighted by molar-refractivity contribution is 5.67. The van der Waals surface area contributed by atoms with Crippen molar-refractivity contribution < 1.29 is 14.6 Å². The minimum atomic E-state index is -0.632. The molecule has 0 aromatic heterocycles. The van der Waals surface area contributed by atoms with Crippen LogP contribution in [0.4, 0.5) is 4.79 Å². The number of hydrogen-bond donors (Lipinski definition) is 2. The van der Waals surface area contributed by atoms with E-state index in [-0.39, 0.29) is 12.1 Å². The van der Waals surface area contributed by atoms with Crippen LogP contribution in [-0.2, 0) is 4.74 Å². The fraction of sp³-hybridized carbons (Fsp3) is 0.923.